The molecule has 1 aromatic rings. The summed E-state index contributed by atoms with van der Waals surface area (Å²) in [5.74, 6) is -0.325. The topological polar surface area (TPSA) is 73.7 Å². The zero-order chi connectivity index (χ0) is 19.5. The number of hydrogen-bond donors (Lipinski definition) is 0. The molecule has 2 heterocycles. The fraction of sp³-hybridized carbons (Fsp3) is 0.632. The average molecular weight is 363 g/mol. The van der Waals surface area contributed by atoms with Crippen molar-refractivity contribution in [1.82, 2.24) is 14.7 Å². The Morgan fingerprint density at radius 3 is 2.65 bits per heavy atom. The summed E-state index contributed by atoms with van der Waals surface area (Å²) < 4.78 is 12.5. The number of hydrogen-bond acceptors (Lipinski definition) is 5. The van der Waals surface area contributed by atoms with Gasteiger partial charge in [0.1, 0.15) is 11.6 Å². The zero-order valence-corrected chi connectivity index (χ0v) is 16.3. The third-order valence-corrected chi connectivity index (χ3v) is 4.44. The van der Waals surface area contributed by atoms with Crippen LogP contribution in [0.3, 0.4) is 0 Å². The van der Waals surface area contributed by atoms with Crippen molar-refractivity contribution in [3.8, 4) is 0 Å². The lowest BCUT2D eigenvalue weighted by Gasteiger charge is -2.31. The standard InChI is InChI=1S/C19H29N3O4/c1-7-15-9-10-21(20-15)12-14-11-16(17(23)25-8-2)22(13(14)3)18(24)26-19(4,5)6/h7,9-10,13-14,16H,1,8,11-12H2,2-6H3/t13-,14-,16+/m1/s1. The molecule has 0 radical (unpaired) electrons. The Hall–Kier alpha value is -2.31. The first kappa shape index (κ1) is 20.0. The summed E-state index contributed by atoms with van der Waals surface area (Å²) in [6.07, 6.45) is 3.59. The first-order valence-electron chi connectivity index (χ1n) is 9.00. The summed E-state index contributed by atoms with van der Waals surface area (Å²) in [5, 5.41) is 4.41. The van der Waals surface area contributed by atoms with E-state index in [-0.39, 0.29) is 24.5 Å². The SMILES string of the molecule is C=Cc1ccn(C[C@H]2C[C@@H](C(=O)OCC)N(C(=O)OC(C)(C)C)[C@@H]2C)n1. The third-order valence-electron chi connectivity index (χ3n) is 4.44. The van der Waals surface area contributed by atoms with Gasteiger partial charge < -0.3 is 9.47 Å². The van der Waals surface area contributed by atoms with E-state index in [9.17, 15) is 9.59 Å². The number of carbonyl (C=O) groups is 2. The summed E-state index contributed by atoms with van der Waals surface area (Å²) in [6, 6.07) is 1.07. The molecule has 144 valence electrons. The van der Waals surface area contributed by atoms with Crippen LogP contribution in [0.1, 0.15) is 46.7 Å². The lowest BCUT2D eigenvalue weighted by molar-refractivity contribution is -0.148. The van der Waals surface area contributed by atoms with Crippen molar-refractivity contribution < 1.29 is 19.1 Å². The van der Waals surface area contributed by atoms with Crippen LogP contribution in [0.15, 0.2) is 18.8 Å². The first-order valence-corrected chi connectivity index (χ1v) is 9.00. The molecule has 1 aromatic heterocycles. The van der Waals surface area contributed by atoms with Crippen LogP contribution in [0.4, 0.5) is 4.79 Å². The third kappa shape index (κ3) is 4.65. The fourth-order valence-electron chi connectivity index (χ4n) is 3.22. The molecule has 0 unspecified atom stereocenters. The highest BCUT2D eigenvalue weighted by atomic mass is 16.6. The maximum Gasteiger partial charge on any atom is 0.411 e. The molecule has 0 spiro atoms. The quantitative estimate of drug-likeness (QED) is 0.752. The van der Waals surface area contributed by atoms with Gasteiger partial charge in [-0.15, -0.1) is 0 Å². The van der Waals surface area contributed by atoms with Gasteiger partial charge >= 0.3 is 12.1 Å². The minimum atomic E-state index is -0.640. The maximum atomic E-state index is 12.7. The highest BCUT2D eigenvalue weighted by Gasteiger charge is 2.47. The summed E-state index contributed by atoms with van der Waals surface area (Å²) in [5.41, 5.74) is 0.163. The maximum absolute atomic E-state index is 12.7. The molecular weight excluding hydrogens is 334 g/mol. The molecule has 1 saturated heterocycles. The van der Waals surface area contributed by atoms with E-state index in [1.807, 2.05) is 44.6 Å². The number of aromatic nitrogens is 2. The fourth-order valence-corrected chi connectivity index (χ4v) is 3.22. The summed E-state index contributed by atoms with van der Waals surface area (Å²) in [6.45, 7) is 13.7. The smallest absolute Gasteiger partial charge is 0.411 e. The molecule has 0 aliphatic carbocycles. The van der Waals surface area contributed by atoms with Gasteiger partial charge in [0, 0.05) is 24.7 Å². The average Bonchev–Trinajstić information content (AvgIpc) is 3.11. The van der Waals surface area contributed by atoms with Crippen LogP contribution in [0.5, 0.6) is 0 Å². The number of likely N-dealkylation sites (tertiary alicyclic amines) is 1. The number of carbonyl (C=O) groups excluding carboxylic acids is 2. The number of amides is 1. The predicted octanol–water partition coefficient (Wildman–Crippen LogP) is 3.10. The Morgan fingerprint density at radius 2 is 2.12 bits per heavy atom. The largest absolute Gasteiger partial charge is 0.464 e. The van der Waals surface area contributed by atoms with E-state index in [4.69, 9.17) is 9.47 Å². The predicted molar refractivity (Wildman–Crippen MR) is 98.4 cm³/mol. The Bertz CT molecular complexity index is 662. The zero-order valence-electron chi connectivity index (χ0n) is 16.3. The van der Waals surface area contributed by atoms with Gasteiger partial charge in [-0.1, -0.05) is 6.58 Å². The second kappa shape index (κ2) is 7.93. The Balaban J connectivity index is 2.20. The molecule has 7 heteroatoms. The number of rotatable bonds is 5. The molecule has 1 fully saturated rings. The molecule has 1 amide bonds. The van der Waals surface area contributed by atoms with Crippen molar-refractivity contribution in [3.63, 3.8) is 0 Å². The highest BCUT2D eigenvalue weighted by Crippen LogP contribution is 2.33. The van der Waals surface area contributed by atoms with Gasteiger partial charge in [0.15, 0.2) is 0 Å². The van der Waals surface area contributed by atoms with Gasteiger partial charge in [-0.25, -0.2) is 9.59 Å². The Morgan fingerprint density at radius 1 is 1.42 bits per heavy atom. The molecule has 0 saturated carbocycles. The van der Waals surface area contributed by atoms with E-state index in [1.165, 1.54) is 4.90 Å². The van der Waals surface area contributed by atoms with Gasteiger partial charge in [0.25, 0.3) is 0 Å². The van der Waals surface area contributed by atoms with Gasteiger partial charge in [0.05, 0.1) is 12.3 Å². The number of esters is 1. The Labute approximate surface area is 154 Å². The lowest BCUT2D eigenvalue weighted by atomic mass is 10.0. The van der Waals surface area contributed by atoms with Crippen LogP contribution in [0, 0.1) is 5.92 Å². The van der Waals surface area contributed by atoms with Gasteiger partial charge in [-0.05, 0) is 53.2 Å². The van der Waals surface area contributed by atoms with Crippen LogP contribution in [0.25, 0.3) is 6.08 Å². The normalized spacial score (nSPS) is 23.0. The van der Waals surface area contributed by atoms with Crippen molar-refractivity contribution in [2.75, 3.05) is 6.61 Å². The molecule has 7 nitrogen and oxygen atoms in total. The minimum absolute atomic E-state index is 0.0643. The van der Waals surface area contributed by atoms with Crippen LogP contribution in [0.2, 0.25) is 0 Å². The van der Waals surface area contributed by atoms with E-state index in [0.717, 1.165) is 5.69 Å². The molecule has 3 atom stereocenters. The first-order chi connectivity index (χ1) is 12.2. The molecule has 0 bridgehead atoms. The molecule has 1 aliphatic rings. The summed E-state index contributed by atoms with van der Waals surface area (Å²) >= 11 is 0. The highest BCUT2D eigenvalue weighted by molar-refractivity contribution is 5.82. The van der Waals surface area contributed by atoms with Crippen LogP contribution in [-0.2, 0) is 20.8 Å². The second-order valence-electron chi connectivity index (χ2n) is 7.56. The van der Waals surface area contributed by atoms with Gasteiger partial charge in [0.2, 0.25) is 0 Å². The van der Waals surface area contributed by atoms with Crippen molar-refractivity contribution in [2.45, 2.75) is 65.3 Å². The monoisotopic (exact) mass is 363 g/mol. The number of ether oxygens (including phenoxy) is 2. The summed E-state index contributed by atoms with van der Waals surface area (Å²) in [7, 11) is 0. The van der Waals surface area contributed by atoms with Crippen LogP contribution in [-0.4, -0.2) is 51.0 Å². The van der Waals surface area contributed by atoms with Crippen LogP contribution >= 0.6 is 0 Å². The second-order valence-corrected chi connectivity index (χ2v) is 7.56. The molecule has 2 rings (SSSR count). The lowest BCUT2D eigenvalue weighted by Crippen LogP contribution is -2.47. The summed E-state index contributed by atoms with van der Waals surface area (Å²) in [4.78, 5) is 26.6. The number of nitrogens with zero attached hydrogens (tertiary/aromatic N) is 3. The molecule has 0 N–H and O–H groups in total. The van der Waals surface area contributed by atoms with Gasteiger partial charge in [-0.2, -0.15) is 5.10 Å². The van der Waals surface area contributed by atoms with E-state index in [0.29, 0.717) is 13.0 Å². The molecular formula is C19H29N3O4. The molecule has 0 aromatic carbocycles. The van der Waals surface area contributed by atoms with Crippen molar-refractivity contribution in [2.24, 2.45) is 5.92 Å². The van der Waals surface area contributed by atoms with E-state index in [1.54, 1.807) is 13.0 Å². The van der Waals surface area contributed by atoms with E-state index >= 15 is 0 Å². The van der Waals surface area contributed by atoms with E-state index in [2.05, 4.69) is 11.7 Å². The van der Waals surface area contributed by atoms with Crippen LogP contribution < -0.4 is 0 Å². The minimum Gasteiger partial charge on any atom is -0.464 e. The van der Waals surface area contributed by atoms with E-state index < -0.39 is 17.7 Å². The Kier molecular flexibility index (Phi) is 6.10. The van der Waals surface area contributed by atoms with Crippen molar-refractivity contribution >= 4 is 18.1 Å². The van der Waals surface area contributed by atoms with Crippen molar-refractivity contribution in [3.05, 3.63) is 24.5 Å². The molecule has 26 heavy (non-hydrogen) atoms. The molecule has 1 aliphatic heterocycles. The van der Waals surface area contributed by atoms with Crippen molar-refractivity contribution in [1.29, 1.82) is 0 Å². The van der Waals surface area contributed by atoms with Gasteiger partial charge in [-0.3, -0.25) is 9.58 Å².